The van der Waals surface area contributed by atoms with E-state index in [1.54, 1.807) is 0 Å². The molecular weight excluding hydrogens is 837 g/mol. The first-order valence-electron chi connectivity index (χ1n) is 30.5. The van der Waals surface area contributed by atoms with E-state index in [2.05, 4.69) is 57.2 Å². The molecule has 5 heteroatoms. The van der Waals surface area contributed by atoms with Crippen molar-refractivity contribution < 1.29 is 23.8 Å². The standard InChI is InChI=1S/C63H118O5/c1-4-7-10-13-16-19-22-25-28-30-31-32-34-37-40-43-46-49-52-55-58-66-59-61(68-63(65)57-54-51-48-45-42-39-35-27-24-21-18-15-12-9-6-3)60-67-62(64)56-53-50-47-44-41-38-36-33-29-26-23-20-17-14-11-8-5-2/h8,11,17,20,26,29,61H,4-7,9-10,12-16,18-19,21-25,27-28,30-60H2,1-3H3/b11-8-,20-17-,29-26-. The molecule has 0 saturated carbocycles. The fourth-order valence-corrected chi connectivity index (χ4v) is 9.18. The lowest BCUT2D eigenvalue weighted by Crippen LogP contribution is -2.30. The molecule has 0 radical (unpaired) electrons. The van der Waals surface area contributed by atoms with Gasteiger partial charge in [-0.05, 0) is 51.4 Å². The summed E-state index contributed by atoms with van der Waals surface area (Å²) in [7, 11) is 0. The summed E-state index contributed by atoms with van der Waals surface area (Å²) >= 11 is 0. The van der Waals surface area contributed by atoms with Crippen molar-refractivity contribution in [1.82, 2.24) is 0 Å². The van der Waals surface area contributed by atoms with E-state index in [0.717, 1.165) is 64.2 Å². The molecular formula is C63H118O5. The topological polar surface area (TPSA) is 61.8 Å². The van der Waals surface area contributed by atoms with Crippen molar-refractivity contribution in [3.8, 4) is 0 Å². The number of carbonyl (C=O) groups excluding carboxylic acids is 2. The Bertz CT molecular complexity index is 1080. The highest BCUT2D eigenvalue weighted by molar-refractivity contribution is 5.70. The largest absolute Gasteiger partial charge is 0.462 e. The number of unbranched alkanes of at least 4 members (excludes halogenated alkanes) is 40. The normalized spacial score (nSPS) is 12.3. The first kappa shape index (κ1) is 66.1. The van der Waals surface area contributed by atoms with Gasteiger partial charge in [0.05, 0.1) is 6.61 Å². The lowest BCUT2D eigenvalue weighted by atomic mass is 10.0. The maximum Gasteiger partial charge on any atom is 0.306 e. The van der Waals surface area contributed by atoms with Gasteiger partial charge in [-0.1, -0.05) is 301 Å². The van der Waals surface area contributed by atoms with E-state index < -0.39 is 6.10 Å². The highest BCUT2D eigenvalue weighted by Crippen LogP contribution is 2.17. The summed E-state index contributed by atoms with van der Waals surface area (Å²) in [6.45, 7) is 7.79. The summed E-state index contributed by atoms with van der Waals surface area (Å²) in [5, 5.41) is 0. The van der Waals surface area contributed by atoms with Crippen LogP contribution in [0.15, 0.2) is 36.5 Å². The predicted octanol–water partition coefficient (Wildman–Crippen LogP) is 20.9. The van der Waals surface area contributed by atoms with Crippen molar-refractivity contribution in [3.63, 3.8) is 0 Å². The molecule has 1 atom stereocenters. The molecule has 0 saturated heterocycles. The minimum Gasteiger partial charge on any atom is -0.462 e. The van der Waals surface area contributed by atoms with Crippen LogP contribution in [0.2, 0.25) is 0 Å². The first-order chi connectivity index (χ1) is 33.6. The van der Waals surface area contributed by atoms with Gasteiger partial charge in [-0.25, -0.2) is 0 Å². The molecule has 0 aliphatic rings. The second-order valence-corrected chi connectivity index (χ2v) is 20.6. The molecule has 0 aromatic rings. The zero-order valence-corrected chi connectivity index (χ0v) is 46.1. The molecule has 0 amide bonds. The molecule has 400 valence electrons. The van der Waals surface area contributed by atoms with Gasteiger partial charge in [0.2, 0.25) is 0 Å². The summed E-state index contributed by atoms with van der Waals surface area (Å²) in [5.74, 6) is -0.385. The Morgan fingerprint density at radius 3 is 1.06 bits per heavy atom. The minimum atomic E-state index is -0.535. The van der Waals surface area contributed by atoms with Crippen LogP contribution in [-0.4, -0.2) is 37.9 Å². The average Bonchev–Trinajstić information content (AvgIpc) is 3.34. The van der Waals surface area contributed by atoms with Crippen LogP contribution in [-0.2, 0) is 23.8 Å². The highest BCUT2D eigenvalue weighted by atomic mass is 16.6. The van der Waals surface area contributed by atoms with Gasteiger partial charge in [0.1, 0.15) is 6.61 Å². The Hall–Kier alpha value is -1.88. The number of esters is 2. The van der Waals surface area contributed by atoms with Gasteiger partial charge in [-0.2, -0.15) is 0 Å². The summed E-state index contributed by atoms with van der Waals surface area (Å²) in [5.41, 5.74) is 0. The molecule has 0 aliphatic carbocycles. The van der Waals surface area contributed by atoms with Crippen molar-refractivity contribution in [2.75, 3.05) is 19.8 Å². The lowest BCUT2D eigenvalue weighted by molar-refractivity contribution is -0.163. The Labute approximate surface area is 425 Å². The fourth-order valence-electron chi connectivity index (χ4n) is 9.18. The van der Waals surface area contributed by atoms with Gasteiger partial charge in [0, 0.05) is 19.4 Å². The summed E-state index contributed by atoms with van der Waals surface area (Å²) in [6, 6.07) is 0. The molecule has 0 aromatic carbocycles. The molecule has 0 aromatic heterocycles. The lowest BCUT2D eigenvalue weighted by Gasteiger charge is -2.18. The average molecular weight is 956 g/mol. The SMILES string of the molecule is CC/C=C\C/C=C\C/C=C\CCCCCCCCCC(=O)OCC(COCCCCCCCCCCCCCCCCCCCCCC)OC(=O)CCCCCCCCCCCCCCCCC. The third-order valence-corrected chi connectivity index (χ3v) is 13.7. The number of rotatable bonds is 57. The van der Waals surface area contributed by atoms with Crippen LogP contribution in [0.1, 0.15) is 329 Å². The predicted molar refractivity (Wildman–Crippen MR) is 298 cm³/mol. The van der Waals surface area contributed by atoms with Crippen molar-refractivity contribution in [2.45, 2.75) is 335 Å². The zero-order valence-electron chi connectivity index (χ0n) is 46.1. The summed E-state index contributed by atoms with van der Waals surface area (Å²) in [6.07, 6.45) is 73.2. The zero-order chi connectivity index (χ0) is 49.2. The van der Waals surface area contributed by atoms with E-state index in [0.29, 0.717) is 26.1 Å². The summed E-state index contributed by atoms with van der Waals surface area (Å²) in [4.78, 5) is 25.6. The van der Waals surface area contributed by atoms with Crippen LogP contribution in [0.4, 0.5) is 0 Å². The van der Waals surface area contributed by atoms with E-state index in [4.69, 9.17) is 14.2 Å². The Morgan fingerprint density at radius 2 is 0.662 bits per heavy atom. The van der Waals surface area contributed by atoms with Crippen molar-refractivity contribution in [1.29, 1.82) is 0 Å². The van der Waals surface area contributed by atoms with Crippen molar-refractivity contribution >= 4 is 11.9 Å². The number of carbonyl (C=O) groups is 2. The van der Waals surface area contributed by atoms with E-state index in [-0.39, 0.29) is 18.5 Å². The Kier molecular flexibility index (Phi) is 57.8. The van der Waals surface area contributed by atoms with E-state index in [1.807, 2.05) is 0 Å². The van der Waals surface area contributed by atoms with Gasteiger partial charge >= 0.3 is 11.9 Å². The van der Waals surface area contributed by atoms with E-state index >= 15 is 0 Å². The molecule has 0 rings (SSSR count). The molecule has 0 fully saturated rings. The van der Waals surface area contributed by atoms with Gasteiger partial charge < -0.3 is 14.2 Å². The van der Waals surface area contributed by atoms with Crippen LogP contribution in [0, 0.1) is 0 Å². The van der Waals surface area contributed by atoms with Gasteiger partial charge in [0.25, 0.3) is 0 Å². The molecule has 68 heavy (non-hydrogen) atoms. The van der Waals surface area contributed by atoms with Gasteiger partial charge in [-0.15, -0.1) is 0 Å². The smallest absolute Gasteiger partial charge is 0.306 e. The maximum absolute atomic E-state index is 12.9. The third-order valence-electron chi connectivity index (χ3n) is 13.7. The fraction of sp³-hybridized carbons (Fsp3) is 0.873. The van der Waals surface area contributed by atoms with Crippen LogP contribution in [0.5, 0.6) is 0 Å². The van der Waals surface area contributed by atoms with Gasteiger partial charge in [0.15, 0.2) is 6.10 Å². The van der Waals surface area contributed by atoms with E-state index in [1.165, 1.54) is 231 Å². The monoisotopic (exact) mass is 955 g/mol. The van der Waals surface area contributed by atoms with Crippen LogP contribution >= 0.6 is 0 Å². The second-order valence-electron chi connectivity index (χ2n) is 20.6. The molecule has 0 N–H and O–H groups in total. The summed E-state index contributed by atoms with van der Waals surface area (Å²) < 4.78 is 17.5. The minimum absolute atomic E-state index is 0.0870. The molecule has 0 bridgehead atoms. The van der Waals surface area contributed by atoms with Crippen LogP contribution < -0.4 is 0 Å². The van der Waals surface area contributed by atoms with Crippen LogP contribution in [0.3, 0.4) is 0 Å². The van der Waals surface area contributed by atoms with Crippen LogP contribution in [0.25, 0.3) is 0 Å². The number of hydrogen-bond acceptors (Lipinski definition) is 5. The number of allylic oxidation sites excluding steroid dienone is 6. The Balaban J connectivity index is 4.21. The third kappa shape index (κ3) is 56.7. The molecule has 0 spiro atoms. The van der Waals surface area contributed by atoms with Crippen molar-refractivity contribution in [3.05, 3.63) is 36.5 Å². The highest BCUT2D eigenvalue weighted by Gasteiger charge is 2.18. The van der Waals surface area contributed by atoms with Crippen molar-refractivity contribution in [2.24, 2.45) is 0 Å². The Morgan fingerprint density at radius 1 is 0.338 bits per heavy atom. The number of hydrogen-bond donors (Lipinski definition) is 0. The quantitative estimate of drug-likeness (QED) is 0.0345. The maximum atomic E-state index is 12.9. The van der Waals surface area contributed by atoms with E-state index in [9.17, 15) is 9.59 Å². The second kappa shape index (κ2) is 59.4. The van der Waals surface area contributed by atoms with Gasteiger partial charge in [-0.3, -0.25) is 9.59 Å². The molecule has 0 heterocycles. The molecule has 0 aliphatic heterocycles. The number of ether oxygens (including phenoxy) is 3. The first-order valence-corrected chi connectivity index (χ1v) is 30.5. The molecule has 1 unspecified atom stereocenters. The molecule has 5 nitrogen and oxygen atoms in total.